The topological polar surface area (TPSA) is 81.2 Å². The maximum Gasteiger partial charge on any atom is 0.247 e. The van der Waals surface area contributed by atoms with Crippen molar-refractivity contribution in [1.29, 1.82) is 0 Å². The Morgan fingerprint density at radius 2 is 2.14 bits per heavy atom. The van der Waals surface area contributed by atoms with Crippen molar-refractivity contribution in [2.75, 3.05) is 0 Å². The van der Waals surface area contributed by atoms with Crippen LogP contribution >= 0.6 is 15.9 Å². The molecule has 22 heavy (non-hydrogen) atoms. The lowest BCUT2D eigenvalue weighted by molar-refractivity contribution is -0.121. The highest BCUT2D eigenvalue weighted by molar-refractivity contribution is 9.10. The van der Waals surface area contributed by atoms with Gasteiger partial charge in [-0.3, -0.25) is 4.79 Å². The van der Waals surface area contributed by atoms with E-state index in [-0.39, 0.29) is 18.2 Å². The van der Waals surface area contributed by atoms with Gasteiger partial charge in [-0.15, -0.1) is 10.2 Å². The Morgan fingerprint density at radius 3 is 2.91 bits per heavy atom. The van der Waals surface area contributed by atoms with Gasteiger partial charge in [0.1, 0.15) is 12.2 Å². The third-order valence-electron chi connectivity index (χ3n) is 2.89. The fourth-order valence-electron chi connectivity index (χ4n) is 1.86. The number of nitrogens with one attached hydrogen (secondary N) is 1. The molecule has 0 radical (unpaired) electrons. The first-order valence-electron chi connectivity index (χ1n) is 6.58. The number of carbonyl (C=O) groups is 1. The molecule has 7 heteroatoms. The maximum atomic E-state index is 11.8. The van der Waals surface area contributed by atoms with E-state index in [1.54, 1.807) is 18.4 Å². The number of nitrogens with zero attached hydrogens (tertiary/aromatic N) is 2. The molecule has 1 amide bonds. The number of furan rings is 1. The molecule has 0 unspecified atom stereocenters. The van der Waals surface area contributed by atoms with E-state index in [4.69, 9.17) is 8.83 Å². The largest absolute Gasteiger partial charge is 0.467 e. The number of aromatic nitrogens is 2. The van der Waals surface area contributed by atoms with Gasteiger partial charge in [-0.1, -0.05) is 22.0 Å². The minimum Gasteiger partial charge on any atom is -0.467 e. The molecule has 0 bridgehead atoms. The summed E-state index contributed by atoms with van der Waals surface area (Å²) in [4.78, 5) is 11.8. The molecule has 0 atom stereocenters. The number of halogens is 1. The number of rotatable bonds is 5. The van der Waals surface area contributed by atoms with Crippen molar-refractivity contribution >= 4 is 21.8 Å². The summed E-state index contributed by atoms with van der Waals surface area (Å²) in [5.74, 6) is 1.14. The molecule has 1 aromatic carbocycles. The molecule has 0 saturated heterocycles. The lowest BCUT2D eigenvalue weighted by Gasteiger charge is -2.00. The molecule has 2 aromatic heterocycles. The molecule has 6 nitrogen and oxygen atoms in total. The Kier molecular flexibility index (Phi) is 4.34. The van der Waals surface area contributed by atoms with E-state index in [9.17, 15) is 4.79 Å². The summed E-state index contributed by atoms with van der Waals surface area (Å²) in [5.41, 5.74) is 0.795. The van der Waals surface area contributed by atoms with E-state index in [0.717, 1.165) is 10.0 Å². The smallest absolute Gasteiger partial charge is 0.247 e. The van der Waals surface area contributed by atoms with Gasteiger partial charge in [-0.05, 0) is 30.3 Å². The Hall–Kier alpha value is -2.41. The number of benzene rings is 1. The van der Waals surface area contributed by atoms with E-state index in [2.05, 4.69) is 31.4 Å². The van der Waals surface area contributed by atoms with Crippen molar-refractivity contribution < 1.29 is 13.6 Å². The molecular formula is C15H12BrN3O3. The molecule has 0 fully saturated rings. The third kappa shape index (κ3) is 3.62. The van der Waals surface area contributed by atoms with Crippen molar-refractivity contribution in [1.82, 2.24) is 15.5 Å². The molecule has 2 heterocycles. The molecule has 0 aliphatic carbocycles. The molecule has 0 aliphatic heterocycles. The van der Waals surface area contributed by atoms with Crippen LogP contribution < -0.4 is 5.32 Å². The lowest BCUT2D eigenvalue weighted by atomic mass is 10.2. The zero-order chi connectivity index (χ0) is 15.4. The van der Waals surface area contributed by atoms with Gasteiger partial charge in [0, 0.05) is 10.0 Å². The average molecular weight is 362 g/mol. The molecular weight excluding hydrogens is 350 g/mol. The number of hydrogen-bond acceptors (Lipinski definition) is 5. The van der Waals surface area contributed by atoms with Crippen molar-refractivity contribution in [3.05, 3.63) is 58.8 Å². The van der Waals surface area contributed by atoms with Crippen LogP contribution in [0.4, 0.5) is 0 Å². The van der Waals surface area contributed by atoms with E-state index >= 15 is 0 Å². The van der Waals surface area contributed by atoms with E-state index in [1.165, 1.54) is 0 Å². The van der Waals surface area contributed by atoms with Crippen LogP contribution in [0.1, 0.15) is 11.7 Å². The average Bonchev–Trinajstić information content (AvgIpc) is 3.16. The Morgan fingerprint density at radius 1 is 1.23 bits per heavy atom. The molecule has 0 spiro atoms. The SMILES string of the molecule is O=C(Cc1nnc(-c2cccc(Br)c2)o1)NCc1ccco1. The quantitative estimate of drug-likeness (QED) is 0.755. The Labute approximate surface area is 134 Å². The fourth-order valence-corrected chi connectivity index (χ4v) is 2.26. The molecule has 3 rings (SSSR count). The van der Waals surface area contributed by atoms with Crippen molar-refractivity contribution in [2.24, 2.45) is 0 Å². The summed E-state index contributed by atoms with van der Waals surface area (Å²) < 4.78 is 11.6. The highest BCUT2D eigenvalue weighted by Gasteiger charge is 2.12. The molecule has 1 N–H and O–H groups in total. The van der Waals surface area contributed by atoms with Gasteiger partial charge in [0.05, 0.1) is 12.8 Å². The van der Waals surface area contributed by atoms with Gasteiger partial charge >= 0.3 is 0 Å². The second-order valence-electron chi connectivity index (χ2n) is 4.54. The molecule has 3 aromatic rings. The lowest BCUT2D eigenvalue weighted by Crippen LogP contribution is -2.24. The molecule has 112 valence electrons. The summed E-state index contributed by atoms with van der Waals surface area (Å²) in [6.07, 6.45) is 1.59. The van der Waals surface area contributed by atoms with Crippen molar-refractivity contribution in [2.45, 2.75) is 13.0 Å². The predicted molar refractivity (Wildman–Crippen MR) is 81.7 cm³/mol. The summed E-state index contributed by atoms with van der Waals surface area (Å²) in [6, 6.07) is 11.1. The summed E-state index contributed by atoms with van der Waals surface area (Å²) in [6.45, 7) is 0.332. The predicted octanol–water partition coefficient (Wildman–Crippen LogP) is 2.95. The number of carbonyl (C=O) groups excluding carboxylic acids is 1. The van der Waals surface area contributed by atoms with Crippen LogP contribution in [-0.4, -0.2) is 16.1 Å². The summed E-state index contributed by atoms with van der Waals surface area (Å²) in [7, 11) is 0. The molecule has 0 saturated carbocycles. The normalized spacial score (nSPS) is 10.6. The second-order valence-corrected chi connectivity index (χ2v) is 5.46. The molecule has 0 aliphatic rings. The monoisotopic (exact) mass is 361 g/mol. The van der Waals surface area contributed by atoms with Crippen LogP contribution in [0.3, 0.4) is 0 Å². The zero-order valence-electron chi connectivity index (χ0n) is 11.5. The van der Waals surface area contributed by atoms with E-state index in [1.807, 2.05) is 24.3 Å². The van der Waals surface area contributed by atoms with Crippen LogP contribution in [-0.2, 0) is 17.8 Å². The van der Waals surface area contributed by atoms with Gasteiger partial charge < -0.3 is 14.2 Å². The van der Waals surface area contributed by atoms with Crippen LogP contribution in [0.2, 0.25) is 0 Å². The highest BCUT2D eigenvalue weighted by Crippen LogP contribution is 2.21. The fraction of sp³-hybridized carbons (Fsp3) is 0.133. The summed E-state index contributed by atoms with van der Waals surface area (Å²) in [5, 5.41) is 10.6. The number of hydrogen-bond donors (Lipinski definition) is 1. The second kappa shape index (κ2) is 6.57. The zero-order valence-corrected chi connectivity index (χ0v) is 13.0. The third-order valence-corrected chi connectivity index (χ3v) is 3.38. The van der Waals surface area contributed by atoms with Crippen LogP contribution in [0.15, 0.2) is 56.0 Å². The first kappa shape index (κ1) is 14.5. The van der Waals surface area contributed by atoms with Crippen molar-refractivity contribution in [3.8, 4) is 11.5 Å². The first-order valence-corrected chi connectivity index (χ1v) is 7.37. The van der Waals surface area contributed by atoms with Crippen LogP contribution in [0, 0.1) is 0 Å². The van der Waals surface area contributed by atoms with Gasteiger partial charge in [-0.2, -0.15) is 0 Å². The Balaban J connectivity index is 1.60. The van der Waals surface area contributed by atoms with E-state index < -0.39 is 0 Å². The van der Waals surface area contributed by atoms with E-state index in [0.29, 0.717) is 18.2 Å². The van der Waals surface area contributed by atoms with Gasteiger partial charge in [-0.25, -0.2) is 0 Å². The van der Waals surface area contributed by atoms with Crippen molar-refractivity contribution in [3.63, 3.8) is 0 Å². The highest BCUT2D eigenvalue weighted by atomic mass is 79.9. The standard InChI is InChI=1S/C15H12BrN3O3/c16-11-4-1-3-10(7-11)15-19-18-14(22-15)8-13(20)17-9-12-5-2-6-21-12/h1-7H,8-9H2,(H,17,20). The summed E-state index contributed by atoms with van der Waals surface area (Å²) >= 11 is 3.38. The number of amides is 1. The van der Waals surface area contributed by atoms with Crippen LogP contribution in [0.25, 0.3) is 11.5 Å². The minimum atomic E-state index is -0.208. The van der Waals surface area contributed by atoms with Gasteiger partial charge in [0.25, 0.3) is 0 Å². The Bertz CT molecular complexity index is 768. The van der Waals surface area contributed by atoms with Gasteiger partial charge in [0.15, 0.2) is 0 Å². The first-order chi connectivity index (χ1) is 10.7. The maximum absolute atomic E-state index is 11.8. The van der Waals surface area contributed by atoms with Gasteiger partial charge in [0.2, 0.25) is 17.7 Å². The van der Waals surface area contributed by atoms with Crippen LogP contribution in [0.5, 0.6) is 0 Å². The minimum absolute atomic E-state index is 0.0295.